The number of amides is 2. The van der Waals surface area contributed by atoms with Crippen LogP contribution in [-0.4, -0.2) is 18.4 Å². The molecule has 2 aromatic carbocycles. The van der Waals surface area contributed by atoms with Gasteiger partial charge in [0.05, 0.1) is 0 Å². The van der Waals surface area contributed by atoms with Crippen LogP contribution in [0.1, 0.15) is 24.8 Å². The van der Waals surface area contributed by atoms with Gasteiger partial charge < -0.3 is 10.2 Å². The third kappa shape index (κ3) is 2.91. The molecule has 2 aliphatic rings. The topological polar surface area (TPSA) is 49.4 Å². The van der Waals surface area contributed by atoms with Crippen LogP contribution in [0, 0.1) is 5.41 Å². The Morgan fingerprint density at radius 2 is 1.88 bits per heavy atom. The van der Waals surface area contributed by atoms with Crippen molar-refractivity contribution in [3.63, 3.8) is 0 Å². The first-order valence-corrected chi connectivity index (χ1v) is 8.95. The molecule has 2 amide bonds. The maximum absolute atomic E-state index is 13.2. The number of para-hydroxylation sites is 1. The van der Waals surface area contributed by atoms with Gasteiger partial charge in [0.2, 0.25) is 11.8 Å². The number of nitrogens with zero attached hydrogens (tertiary/aromatic N) is 1. The molecule has 5 heteroatoms. The number of halogens is 1. The molecule has 0 atom stereocenters. The van der Waals surface area contributed by atoms with Crippen molar-refractivity contribution in [1.29, 1.82) is 0 Å². The first kappa shape index (κ1) is 16.2. The largest absolute Gasteiger partial charge is 0.325 e. The first-order chi connectivity index (χ1) is 12.1. The second-order valence-electron chi connectivity index (χ2n) is 6.74. The molecule has 1 aliphatic heterocycles. The predicted octanol–water partition coefficient (Wildman–Crippen LogP) is 4.04. The minimum absolute atomic E-state index is 0.0841. The zero-order valence-corrected chi connectivity index (χ0v) is 14.6. The van der Waals surface area contributed by atoms with Crippen molar-refractivity contribution >= 4 is 34.8 Å². The van der Waals surface area contributed by atoms with Crippen LogP contribution >= 0.6 is 11.6 Å². The zero-order chi connectivity index (χ0) is 17.4. The fourth-order valence-corrected chi connectivity index (χ4v) is 3.67. The summed E-state index contributed by atoms with van der Waals surface area (Å²) in [5, 5.41) is 3.41. The molecule has 25 heavy (non-hydrogen) atoms. The molecule has 0 radical (unpaired) electrons. The van der Waals surface area contributed by atoms with E-state index in [-0.39, 0.29) is 11.8 Å². The molecule has 1 heterocycles. The van der Waals surface area contributed by atoms with E-state index >= 15 is 0 Å². The lowest BCUT2D eigenvalue weighted by Gasteiger charge is -2.32. The van der Waals surface area contributed by atoms with Crippen molar-refractivity contribution in [2.75, 3.05) is 16.8 Å². The SMILES string of the molecule is O=C(Nc1cccc(Cl)c1)C1(C(=O)N2CCCc3ccccc32)CC1. The van der Waals surface area contributed by atoms with E-state index in [1.54, 1.807) is 29.2 Å². The number of hydrogen-bond donors (Lipinski definition) is 1. The number of aryl methyl sites for hydroxylation is 1. The van der Waals surface area contributed by atoms with Crippen molar-refractivity contribution in [3.05, 3.63) is 59.1 Å². The highest BCUT2D eigenvalue weighted by atomic mass is 35.5. The average Bonchev–Trinajstić information content (AvgIpc) is 3.43. The van der Waals surface area contributed by atoms with Gasteiger partial charge in [-0.25, -0.2) is 0 Å². The number of rotatable bonds is 3. The normalized spacial score (nSPS) is 17.6. The lowest BCUT2D eigenvalue weighted by Crippen LogP contribution is -2.45. The number of nitrogens with one attached hydrogen (secondary N) is 1. The van der Waals surface area contributed by atoms with Crippen molar-refractivity contribution in [2.24, 2.45) is 5.41 Å². The molecule has 4 nitrogen and oxygen atoms in total. The molecule has 1 aliphatic carbocycles. The minimum atomic E-state index is -0.938. The molecule has 128 valence electrons. The highest BCUT2D eigenvalue weighted by Crippen LogP contribution is 2.49. The molecule has 2 aromatic rings. The summed E-state index contributed by atoms with van der Waals surface area (Å²) < 4.78 is 0. The molecule has 1 fully saturated rings. The number of carbonyl (C=O) groups is 2. The van der Waals surface area contributed by atoms with Gasteiger partial charge in [0.25, 0.3) is 0 Å². The Hall–Kier alpha value is -2.33. The molecular weight excluding hydrogens is 336 g/mol. The third-order valence-corrected chi connectivity index (χ3v) is 5.27. The van der Waals surface area contributed by atoms with E-state index in [1.807, 2.05) is 18.2 Å². The Balaban J connectivity index is 1.57. The number of anilines is 2. The molecule has 4 rings (SSSR count). The molecule has 1 N–H and O–H groups in total. The summed E-state index contributed by atoms with van der Waals surface area (Å²) in [6, 6.07) is 15.0. The van der Waals surface area contributed by atoms with Gasteiger partial charge in [-0.2, -0.15) is 0 Å². The van der Waals surface area contributed by atoms with E-state index in [0.29, 0.717) is 30.1 Å². The maximum Gasteiger partial charge on any atom is 0.242 e. The molecule has 0 bridgehead atoms. The monoisotopic (exact) mass is 354 g/mol. The predicted molar refractivity (Wildman–Crippen MR) is 98.9 cm³/mol. The number of carbonyl (C=O) groups excluding carboxylic acids is 2. The highest BCUT2D eigenvalue weighted by Gasteiger charge is 2.58. The van der Waals surface area contributed by atoms with Gasteiger partial charge in [0, 0.05) is 22.9 Å². The van der Waals surface area contributed by atoms with Crippen LogP contribution in [0.4, 0.5) is 11.4 Å². The van der Waals surface area contributed by atoms with Gasteiger partial charge >= 0.3 is 0 Å². The molecule has 0 aromatic heterocycles. The van der Waals surface area contributed by atoms with Crippen LogP contribution in [0.25, 0.3) is 0 Å². The minimum Gasteiger partial charge on any atom is -0.325 e. The molecule has 0 saturated heterocycles. The lowest BCUT2D eigenvalue weighted by molar-refractivity contribution is -0.132. The van der Waals surface area contributed by atoms with Gasteiger partial charge in [-0.3, -0.25) is 9.59 Å². The van der Waals surface area contributed by atoms with Crippen molar-refractivity contribution in [1.82, 2.24) is 0 Å². The van der Waals surface area contributed by atoms with Crippen molar-refractivity contribution in [2.45, 2.75) is 25.7 Å². The van der Waals surface area contributed by atoms with Crippen molar-refractivity contribution < 1.29 is 9.59 Å². The zero-order valence-electron chi connectivity index (χ0n) is 13.8. The maximum atomic E-state index is 13.2. The summed E-state index contributed by atoms with van der Waals surface area (Å²) in [6.07, 6.45) is 3.09. The van der Waals surface area contributed by atoms with Gasteiger partial charge in [-0.15, -0.1) is 0 Å². The molecule has 0 unspecified atom stereocenters. The van der Waals surface area contributed by atoms with E-state index in [9.17, 15) is 9.59 Å². The van der Waals surface area contributed by atoms with Crippen molar-refractivity contribution in [3.8, 4) is 0 Å². The lowest BCUT2D eigenvalue weighted by atomic mass is 9.97. The quantitative estimate of drug-likeness (QED) is 0.846. The summed E-state index contributed by atoms with van der Waals surface area (Å²) in [7, 11) is 0. The van der Waals surface area contributed by atoms with Crippen LogP contribution in [0.15, 0.2) is 48.5 Å². The number of benzene rings is 2. The Morgan fingerprint density at radius 1 is 1.08 bits per heavy atom. The Labute approximate surface area is 151 Å². The highest BCUT2D eigenvalue weighted by molar-refractivity contribution is 6.31. The second-order valence-corrected chi connectivity index (χ2v) is 7.17. The number of fused-ring (bicyclic) bond motifs is 1. The fraction of sp³-hybridized carbons (Fsp3) is 0.300. The summed E-state index contributed by atoms with van der Waals surface area (Å²) in [5.74, 6) is -0.318. The first-order valence-electron chi connectivity index (χ1n) is 8.57. The summed E-state index contributed by atoms with van der Waals surface area (Å²) in [5.41, 5.74) is 1.80. The van der Waals surface area contributed by atoms with Gasteiger partial charge in [-0.1, -0.05) is 35.9 Å². The Morgan fingerprint density at radius 3 is 2.64 bits per heavy atom. The Bertz CT molecular complexity index is 845. The Kier molecular flexibility index (Phi) is 4.00. The molecule has 0 spiro atoms. The van der Waals surface area contributed by atoms with Crippen LogP contribution in [0.3, 0.4) is 0 Å². The summed E-state index contributed by atoms with van der Waals surface area (Å²) in [4.78, 5) is 27.8. The van der Waals surface area contributed by atoms with Gasteiger partial charge in [-0.05, 0) is 55.5 Å². The van der Waals surface area contributed by atoms with E-state index < -0.39 is 5.41 Å². The average molecular weight is 355 g/mol. The van der Waals surface area contributed by atoms with Crippen LogP contribution in [0.2, 0.25) is 5.02 Å². The number of hydrogen-bond acceptors (Lipinski definition) is 2. The van der Waals surface area contributed by atoms with E-state index in [2.05, 4.69) is 11.4 Å². The van der Waals surface area contributed by atoms with E-state index in [0.717, 1.165) is 18.5 Å². The van der Waals surface area contributed by atoms with E-state index in [1.165, 1.54) is 5.56 Å². The molecular formula is C20H19ClN2O2. The summed E-state index contributed by atoms with van der Waals surface area (Å²) in [6.45, 7) is 0.669. The molecule has 1 saturated carbocycles. The van der Waals surface area contributed by atoms with Crippen LogP contribution in [-0.2, 0) is 16.0 Å². The summed E-state index contributed by atoms with van der Waals surface area (Å²) >= 11 is 5.97. The van der Waals surface area contributed by atoms with Gasteiger partial charge in [0.15, 0.2) is 0 Å². The van der Waals surface area contributed by atoms with Crippen LogP contribution < -0.4 is 10.2 Å². The smallest absolute Gasteiger partial charge is 0.242 e. The second kappa shape index (κ2) is 6.19. The third-order valence-electron chi connectivity index (χ3n) is 5.03. The van der Waals surface area contributed by atoms with Gasteiger partial charge in [0.1, 0.15) is 5.41 Å². The standard InChI is InChI=1S/C20H19ClN2O2/c21-15-7-3-8-16(13-15)22-18(24)20(10-11-20)19(25)23-12-4-6-14-5-1-2-9-17(14)23/h1-3,5,7-9,13H,4,6,10-12H2,(H,22,24). The van der Waals surface area contributed by atoms with E-state index in [4.69, 9.17) is 11.6 Å². The fourth-order valence-electron chi connectivity index (χ4n) is 3.48. The van der Waals surface area contributed by atoms with Crippen LogP contribution in [0.5, 0.6) is 0 Å².